The number of halogens is 1. The second kappa shape index (κ2) is 4.54. The van der Waals surface area contributed by atoms with Gasteiger partial charge in [0, 0.05) is 12.7 Å². The van der Waals surface area contributed by atoms with E-state index in [2.05, 4.69) is 36.6 Å². The van der Waals surface area contributed by atoms with Crippen LogP contribution in [0.5, 0.6) is 0 Å². The van der Waals surface area contributed by atoms with E-state index in [9.17, 15) is 4.39 Å². The minimum atomic E-state index is -0.186. The first kappa shape index (κ1) is 12.0. The fourth-order valence-electron chi connectivity index (χ4n) is 2.56. The predicted octanol–water partition coefficient (Wildman–Crippen LogP) is 4.45. The highest BCUT2D eigenvalue weighted by atomic mass is 19.1. The third-order valence-electron chi connectivity index (χ3n) is 3.71. The van der Waals surface area contributed by atoms with Crippen molar-refractivity contribution in [3.8, 4) is 0 Å². The lowest BCUT2D eigenvalue weighted by atomic mass is 10.0. The van der Waals surface area contributed by atoms with Crippen molar-refractivity contribution in [3.05, 3.63) is 71.2 Å². The second-order valence-electron chi connectivity index (χ2n) is 5.02. The number of nitrogens with zero attached hydrogens (tertiary/aromatic N) is 1. The standard InChI is InChI=1S/C17H16FN/c1-12-4-3-5-13(2)16(12)11-19-9-8-14-6-7-15(18)10-17(14)19/h3-10H,11H2,1-2H3. The minimum absolute atomic E-state index is 0.186. The molecule has 0 unspecified atom stereocenters. The van der Waals surface area contributed by atoms with Crippen molar-refractivity contribution < 1.29 is 4.39 Å². The zero-order valence-electron chi connectivity index (χ0n) is 11.2. The zero-order valence-corrected chi connectivity index (χ0v) is 11.2. The fourth-order valence-corrected chi connectivity index (χ4v) is 2.56. The van der Waals surface area contributed by atoms with Crippen molar-refractivity contribution in [1.29, 1.82) is 0 Å². The van der Waals surface area contributed by atoms with Crippen molar-refractivity contribution in [1.82, 2.24) is 4.57 Å². The van der Waals surface area contributed by atoms with E-state index in [4.69, 9.17) is 0 Å². The quantitative estimate of drug-likeness (QED) is 0.636. The molecule has 0 saturated heterocycles. The molecule has 96 valence electrons. The number of hydrogen-bond acceptors (Lipinski definition) is 0. The normalized spacial score (nSPS) is 11.1. The van der Waals surface area contributed by atoms with Gasteiger partial charge in [-0.2, -0.15) is 0 Å². The van der Waals surface area contributed by atoms with Crippen LogP contribution in [0.3, 0.4) is 0 Å². The maximum Gasteiger partial charge on any atom is 0.125 e. The molecule has 0 aliphatic heterocycles. The molecule has 0 aliphatic rings. The Hall–Kier alpha value is -2.09. The van der Waals surface area contributed by atoms with Crippen molar-refractivity contribution >= 4 is 10.9 Å². The van der Waals surface area contributed by atoms with Gasteiger partial charge in [-0.1, -0.05) is 18.2 Å². The number of rotatable bonds is 2. The molecule has 2 heteroatoms. The van der Waals surface area contributed by atoms with Crippen LogP contribution in [-0.4, -0.2) is 4.57 Å². The van der Waals surface area contributed by atoms with Gasteiger partial charge in [0.25, 0.3) is 0 Å². The lowest BCUT2D eigenvalue weighted by Gasteiger charge is -2.11. The van der Waals surface area contributed by atoms with Gasteiger partial charge >= 0.3 is 0 Å². The Balaban J connectivity index is 2.08. The summed E-state index contributed by atoms with van der Waals surface area (Å²) in [4.78, 5) is 0. The van der Waals surface area contributed by atoms with Gasteiger partial charge in [-0.15, -0.1) is 0 Å². The summed E-state index contributed by atoms with van der Waals surface area (Å²) >= 11 is 0. The van der Waals surface area contributed by atoms with Crippen LogP contribution in [0, 0.1) is 19.7 Å². The van der Waals surface area contributed by atoms with Gasteiger partial charge in [-0.25, -0.2) is 4.39 Å². The third-order valence-corrected chi connectivity index (χ3v) is 3.71. The lowest BCUT2D eigenvalue weighted by molar-refractivity contribution is 0.628. The van der Waals surface area contributed by atoms with E-state index in [0.29, 0.717) is 0 Å². The van der Waals surface area contributed by atoms with E-state index in [1.165, 1.54) is 22.8 Å². The van der Waals surface area contributed by atoms with Crippen LogP contribution in [0.4, 0.5) is 4.39 Å². The summed E-state index contributed by atoms with van der Waals surface area (Å²) in [5.41, 5.74) is 4.81. The minimum Gasteiger partial charge on any atom is -0.343 e. The SMILES string of the molecule is Cc1cccc(C)c1Cn1ccc2ccc(F)cc21. The van der Waals surface area contributed by atoms with Crippen LogP contribution in [0.2, 0.25) is 0 Å². The molecule has 0 bridgehead atoms. The zero-order chi connectivity index (χ0) is 13.4. The molecule has 1 aromatic heterocycles. The summed E-state index contributed by atoms with van der Waals surface area (Å²) in [6.07, 6.45) is 2.02. The average Bonchev–Trinajstić information content (AvgIpc) is 2.76. The Morgan fingerprint density at radius 3 is 2.47 bits per heavy atom. The van der Waals surface area contributed by atoms with E-state index >= 15 is 0 Å². The molecule has 2 aromatic carbocycles. The number of aromatic nitrogens is 1. The smallest absolute Gasteiger partial charge is 0.125 e. The lowest BCUT2D eigenvalue weighted by Crippen LogP contribution is -2.02. The van der Waals surface area contributed by atoms with Gasteiger partial charge in [0.1, 0.15) is 5.82 Å². The van der Waals surface area contributed by atoms with E-state index in [-0.39, 0.29) is 5.82 Å². The maximum atomic E-state index is 13.4. The highest BCUT2D eigenvalue weighted by Crippen LogP contribution is 2.21. The van der Waals surface area contributed by atoms with Gasteiger partial charge in [0.2, 0.25) is 0 Å². The molecule has 0 aliphatic carbocycles. The molecule has 0 spiro atoms. The number of aryl methyl sites for hydroxylation is 2. The molecule has 19 heavy (non-hydrogen) atoms. The van der Waals surface area contributed by atoms with Gasteiger partial charge in [0.05, 0.1) is 5.52 Å². The summed E-state index contributed by atoms with van der Waals surface area (Å²) in [5.74, 6) is -0.186. The first-order valence-electron chi connectivity index (χ1n) is 6.44. The van der Waals surface area contributed by atoms with Crippen molar-refractivity contribution in [2.45, 2.75) is 20.4 Å². The van der Waals surface area contributed by atoms with Crippen LogP contribution in [0.1, 0.15) is 16.7 Å². The molecule has 0 amide bonds. The third kappa shape index (κ3) is 2.14. The molecule has 0 atom stereocenters. The van der Waals surface area contributed by atoms with E-state index in [0.717, 1.165) is 17.4 Å². The Kier molecular flexibility index (Phi) is 2.86. The predicted molar refractivity (Wildman–Crippen MR) is 76.9 cm³/mol. The number of fused-ring (bicyclic) bond motifs is 1. The largest absolute Gasteiger partial charge is 0.343 e. The molecule has 3 aromatic rings. The van der Waals surface area contributed by atoms with Gasteiger partial charge in [-0.05, 0) is 60.2 Å². The van der Waals surface area contributed by atoms with E-state index < -0.39 is 0 Å². The second-order valence-corrected chi connectivity index (χ2v) is 5.02. The summed E-state index contributed by atoms with van der Waals surface area (Å²) < 4.78 is 15.5. The summed E-state index contributed by atoms with van der Waals surface area (Å²) in [6.45, 7) is 5.02. The molecule has 1 nitrogen and oxygen atoms in total. The topological polar surface area (TPSA) is 4.93 Å². The first-order valence-corrected chi connectivity index (χ1v) is 6.44. The van der Waals surface area contributed by atoms with Crippen LogP contribution in [0.15, 0.2) is 48.7 Å². The summed E-state index contributed by atoms with van der Waals surface area (Å²) in [6, 6.07) is 13.3. The Labute approximate surface area is 112 Å². The van der Waals surface area contributed by atoms with Gasteiger partial charge in [0.15, 0.2) is 0 Å². The van der Waals surface area contributed by atoms with Crippen LogP contribution in [-0.2, 0) is 6.54 Å². The molecular weight excluding hydrogens is 237 g/mol. The first-order chi connectivity index (χ1) is 9.15. The van der Waals surface area contributed by atoms with Crippen LogP contribution >= 0.6 is 0 Å². The number of hydrogen-bond donors (Lipinski definition) is 0. The van der Waals surface area contributed by atoms with Gasteiger partial charge in [-0.3, -0.25) is 0 Å². The Morgan fingerprint density at radius 1 is 1.00 bits per heavy atom. The monoisotopic (exact) mass is 253 g/mol. The average molecular weight is 253 g/mol. The molecule has 0 fully saturated rings. The maximum absolute atomic E-state index is 13.4. The summed E-state index contributed by atoms with van der Waals surface area (Å²) in [5, 5.41) is 1.08. The molecule has 1 heterocycles. The fraction of sp³-hybridized carbons (Fsp3) is 0.176. The molecule has 0 radical (unpaired) electrons. The van der Waals surface area contributed by atoms with Crippen molar-refractivity contribution in [2.24, 2.45) is 0 Å². The van der Waals surface area contributed by atoms with Crippen LogP contribution < -0.4 is 0 Å². The molecule has 0 saturated carbocycles. The highest BCUT2D eigenvalue weighted by molar-refractivity contribution is 5.80. The molecule has 3 rings (SSSR count). The Bertz CT molecular complexity index is 720. The van der Waals surface area contributed by atoms with Crippen LogP contribution in [0.25, 0.3) is 10.9 Å². The summed E-state index contributed by atoms with van der Waals surface area (Å²) in [7, 11) is 0. The van der Waals surface area contributed by atoms with Gasteiger partial charge < -0.3 is 4.57 Å². The van der Waals surface area contributed by atoms with E-state index in [1.54, 1.807) is 6.07 Å². The van der Waals surface area contributed by atoms with Crippen molar-refractivity contribution in [2.75, 3.05) is 0 Å². The molecule has 0 N–H and O–H groups in total. The molecular formula is C17H16FN. The highest BCUT2D eigenvalue weighted by Gasteiger charge is 2.06. The number of benzene rings is 2. The van der Waals surface area contributed by atoms with Crippen molar-refractivity contribution in [3.63, 3.8) is 0 Å². The Morgan fingerprint density at radius 2 is 1.74 bits per heavy atom. The van der Waals surface area contributed by atoms with E-state index in [1.807, 2.05) is 18.3 Å².